The number of thioether (sulfide) groups is 1. The first-order valence-electron chi connectivity index (χ1n) is 7.43. The molecule has 0 aliphatic rings. The molecule has 136 valence electrons. The van der Waals surface area contributed by atoms with Crippen LogP contribution in [0.15, 0.2) is 51.0 Å². The Labute approximate surface area is 167 Å². The van der Waals surface area contributed by atoms with Crippen LogP contribution in [0.4, 0.5) is 5.69 Å². The van der Waals surface area contributed by atoms with E-state index in [0.717, 1.165) is 11.8 Å². The van der Waals surface area contributed by atoms with Gasteiger partial charge in [0.2, 0.25) is 5.91 Å². The van der Waals surface area contributed by atoms with Crippen molar-refractivity contribution in [2.75, 3.05) is 11.1 Å². The molecule has 1 amide bonds. The fraction of sp³-hybridized carbons (Fsp3) is 0.0588. The fourth-order valence-electron chi connectivity index (χ4n) is 2.17. The summed E-state index contributed by atoms with van der Waals surface area (Å²) in [5.41, 5.74) is -0.192. The van der Waals surface area contributed by atoms with Crippen molar-refractivity contribution in [3.8, 4) is 17.5 Å². The number of hydrogen-bond acceptors (Lipinski definition) is 6. The maximum atomic E-state index is 12.1. The van der Waals surface area contributed by atoms with Gasteiger partial charge in [0, 0.05) is 15.7 Å². The summed E-state index contributed by atoms with van der Waals surface area (Å²) >= 11 is 12.8. The van der Waals surface area contributed by atoms with Gasteiger partial charge in [-0.15, -0.1) is 0 Å². The van der Waals surface area contributed by atoms with E-state index in [1.807, 2.05) is 6.07 Å². The Morgan fingerprint density at radius 3 is 2.70 bits per heavy atom. The Morgan fingerprint density at radius 1 is 1.33 bits per heavy atom. The highest BCUT2D eigenvalue weighted by Crippen LogP contribution is 2.24. The van der Waals surface area contributed by atoms with Gasteiger partial charge < -0.3 is 14.7 Å². The smallest absolute Gasteiger partial charge is 0.270 e. The molecule has 0 spiro atoms. The summed E-state index contributed by atoms with van der Waals surface area (Å²) in [5.74, 6) is -0.0845. The van der Waals surface area contributed by atoms with Crippen LogP contribution in [-0.2, 0) is 4.79 Å². The molecule has 0 saturated carbocycles. The third kappa shape index (κ3) is 4.71. The molecule has 0 aliphatic heterocycles. The van der Waals surface area contributed by atoms with Crippen molar-refractivity contribution in [1.29, 1.82) is 5.26 Å². The molecular formula is C17H10Cl2N4O3S. The zero-order chi connectivity index (χ0) is 19.4. The van der Waals surface area contributed by atoms with Crippen LogP contribution in [0, 0.1) is 11.3 Å². The highest BCUT2D eigenvalue weighted by molar-refractivity contribution is 7.99. The summed E-state index contributed by atoms with van der Waals surface area (Å²) in [6, 6.07) is 9.69. The van der Waals surface area contributed by atoms with Crippen molar-refractivity contribution >= 4 is 46.6 Å². The Morgan fingerprint density at radius 2 is 2.07 bits per heavy atom. The van der Waals surface area contributed by atoms with E-state index in [-0.39, 0.29) is 33.8 Å². The van der Waals surface area contributed by atoms with Crippen LogP contribution in [0.2, 0.25) is 10.0 Å². The van der Waals surface area contributed by atoms with Crippen molar-refractivity contribution in [1.82, 2.24) is 9.97 Å². The van der Waals surface area contributed by atoms with Crippen LogP contribution in [-0.4, -0.2) is 21.6 Å². The molecule has 2 aromatic heterocycles. The van der Waals surface area contributed by atoms with Gasteiger partial charge in [-0.2, -0.15) is 5.26 Å². The molecular weight excluding hydrogens is 411 g/mol. The number of hydrogen-bond donors (Lipinski definition) is 2. The van der Waals surface area contributed by atoms with Gasteiger partial charge in [0.05, 0.1) is 12.0 Å². The number of carbonyl (C=O) groups is 1. The van der Waals surface area contributed by atoms with Gasteiger partial charge in [0.25, 0.3) is 5.56 Å². The Balaban J connectivity index is 1.75. The van der Waals surface area contributed by atoms with E-state index < -0.39 is 5.56 Å². The van der Waals surface area contributed by atoms with E-state index in [1.54, 1.807) is 30.3 Å². The molecule has 10 heteroatoms. The van der Waals surface area contributed by atoms with E-state index in [4.69, 9.17) is 27.6 Å². The molecule has 2 heterocycles. The highest BCUT2D eigenvalue weighted by atomic mass is 35.5. The summed E-state index contributed by atoms with van der Waals surface area (Å²) in [5, 5.41) is 12.8. The van der Waals surface area contributed by atoms with E-state index >= 15 is 0 Å². The predicted molar refractivity (Wildman–Crippen MR) is 103 cm³/mol. The molecule has 27 heavy (non-hydrogen) atoms. The quantitative estimate of drug-likeness (QED) is 0.477. The van der Waals surface area contributed by atoms with E-state index in [0.29, 0.717) is 15.7 Å². The minimum absolute atomic E-state index is 0.0312. The van der Waals surface area contributed by atoms with E-state index in [9.17, 15) is 14.9 Å². The van der Waals surface area contributed by atoms with Gasteiger partial charge >= 0.3 is 0 Å². The topological polar surface area (TPSA) is 112 Å². The van der Waals surface area contributed by atoms with Gasteiger partial charge in [-0.3, -0.25) is 9.59 Å². The molecule has 0 atom stereocenters. The van der Waals surface area contributed by atoms with Gasteiger partial charge in [-0.1, -0.05) is 35.0 Å². The number of furan rings is 1. The average Bonchev–Trinajstić information content (AvgIpc) is 3.13. The standard InChI is InChI=1S/C17H10Cl2N4O3S/c18-9-4-10(19)6-11(5-9)21-14(24)8-27-17-22-15(13-2-1-3-26-13)12(7-20)16(25)23-17/h1-6H,8H2,(H,21,24)(H,22,23,25). The summed E-state index contributed by atoms with van der Waals surface area (Å²) in [7, 11) is 0. The summed E-state index contributed by atoms with van der Waals surface area (Å²) < 4.78 is 5.22. The van der Waals surface area contributed by atoms with Gasteiger partial charge in [0.15, 0.2) is 10.9 Å². The Hall–Kier alpha value is -2.73. The number of amides is 1. The Kier molecular flexibility index (Phi) is 5.86. The number of nitrogens with one attached hydrogen (secondary N) is 2. The maximum absolute atomic E-state index is 12.1. The number of nitrogens with zero attached hydrogens (tertiary/aromatic N) is 2. The Bertz CT molecular complexity index is 1070. The van der Waals surface area contributed by atoms with Crippen molar-refractivity contribution < 1.29 is 9.21 Å². The largest absolute Gasteiger partial charge is 0.463 e. The summed E-state index contributed by atoms with van der Waals surface area (Å²) in [4.78, 5) is 30.9. The molecule has 2 N–H and O–H groups in total. The maximum Gasteiger partial charge on any atom is 0.270 e. The number of anilines is 1. The third-order valence-corrected chi connectivity index (χ3v) is 4.56. The van der Waals surface area contributed by atoms with Crippen LogP contribution in [0.25, 0.3) is 11.5 Å². The number of aromatic nitrogens is 2. The van der Waals surface area contributed by atoms with Crippen LogP contribution in [0.3, 0.4) is 0 Å². The minimum atomic E-state index is -0.608. The second-order valence-electron chi connectivity index (χ2n) is 5.18. The van der Waals surface area contributed by atoms with Crippen molar-refractivity contribution in [3.05, 3.63) is 62.6 Å². The van der Waals surface area contributed by atoms with Crippen LogP contribution >= 0.6 is 35.0 Å². The van der Waals surface area contributed by atoms with Crippen molar-refractivity contribution in [3.63, 3.8) is 0 Å². The molecule has 0 bridgehead atoms. The van der Waals surface area contributed by atoms with E-state index in [2.05, 4.69) is 15.3 Å². The van der Waals surface area contributed by atoms with Crippen LogP contribution < -0.4 is 10.9 Å². The van der Waals surface area contributed by atoms with Crippen LogP contribution in [0.5, 0.6) is 0 Å². The molecule has 0 radical (unpaired) electrons. The first-order valence-corrected chi connectivity index (χ1v) is 9.17. The van der Waals surface area contributed by atoms with Gasteiger partial charge in [0.1, 0.15) is 17.3 Å². The number of halogens is 2. The lowest BCUT2D eigenvalue weighted by molar-refractivity contribution is -0.113. The third-order valence-electron chi connectivity index (χ3n) is 3.25. The van der Waals surface area contributed by atoms with Crippen LogP contribution in [0.1, 0.15) is 5.56 Å². The predicted octanol–water partition coefficient (Wildman–Crippen LogP) is 3.94. The number of benzene rings is 1. The zero-order valence-electron chi connectivity index (χ0n) is 13.5. The zero-order valence-corrected chi connectivity index (χ0v) is 15.8. The molecule has 0 aliphatic carbocycles. The lowest BCUT2D eigenvalue weighted by Crippen LogP contribution is -2.17. The average molecular weight is 421 g/mol. The van der Waals surface area contributed by atoms with Crippen molar-refractivity contribution in [2.45, 2.75) is 5.16 Å². The normalized spacial score (nSPS) is 10.4. The second-order valence-corrected chi connectivity index (χ2v) is 7.02. The molecule has 0 unspecified atom stereocenters. The highest BCUT2D eigenvalue weighted by Gasteiger charge is 2.16. The van der Waals surface area contributed by atoms with Crippen molar-refractivity contribution in [2.24, 2.45) is 0 Å². The lowest BCUT2D eigenvalue weighted by atomic mass is 10.2. The molecule has 0 fully saturated rings. The number of nitriles is 1. The molecule has 3 rings (SSSR count). The number of aromatic amines is 1. The first-order chi connectivity index (χ1) is 13.0. The van der Waals surface area contributed by atoms with Gasteiger partial charge in [-0.05, 0) is 30.3 Å². The lowest BCUT2D eigenvalue weighted by Gasteiger charge is -2.07. The second kappa shape index (κ2) is 8.31. The summed E-state index contributed by atoms with van der Waals surface area (Å²) in [6.45, 7) is 0. The number of H-pyrrole nitrogens is 1. The van der Waals surface area contributed by atoms with E-state index in [1.165, 1.54) is 6.26 Å². The molecule has 1 aromatic carbocycles. The number of carbonyl (C=O) groups excluding carboxylic acids is 1. The molecule has 3 aromatic rings. The van der Waals surface area contributed by atoms with Gasteiger partial charge in [-0.25, -0.2) is 4.98 Å². The fourth-order valence-corrected chi connectivity index (χ4v) is 3.36. The molecule has 0 saturated heterocycles. The summed E-state index contributed by atoms with van der Waals surface area (Å²) in [6.07, 6.45) is 1.41. The SMILES string of the molecule is N#Cc1c(-c2ccco2)nc(SCC(=O)Nc2cc(Cl)cc(Cl)c2)[nH]c1=O. The molecule has 7 nitrogen and oxygen atoms in total. The monoisotopic (exact) mass is 420 g/mol. The minimum Gasteiger partial charge on any atom is -0.463 e. The first kappa shape index (κ1) is 19.0. The number of rotatable bonds is 5.